The van der Waals surface area contributed by atoms with Crippen molar-refractivity contribution in [2.45, 2.75) is 38.5 Å². The molecule has 0 fully saturated rings. The Bertz CT molecular complexity index is 1090. The third kappa shape index (κ3) is 6.43. The summed E-state index contributed by atoms with van der Waals surface area (Å²) in [5.74, 6) is -0.334. The van der Waals surface area contributed by atoms with Crippen molar-refractivity contribution < 1.29 is 13.0 Å². The fraction of sp³-hybridized carbons (Fsp3) is 0.333. The summed E-state index contributed by atoms with van der Waals surface area (Å²) < 4.78 is 34.3. The van der Waals surface area contributed by atoms with Crippen LogP contribution in [0.1, 0.15) is 50.3 Å². The summed E-state index contributed by atoms with van der Waals surface area (Å²) in [5, 5.41) is 0. The molecule has 3 aromatic rings. The van der Waals surface area contributed by atoms with Crippen molar-refractivity contribution >= 4 is 51.1 Å². The summed E-state index contributed by atoms with van der Waals surface area (Å²) in [7, 11) is -4.37. The molecule has 0 amide bonds. The van der Waals surface area contributed by atoms with Crippen LogP contribution in [0, 0.1) is 0 Å². The van der Waals surface area contributed by atoms with Crippen LogP contribution in [0.15, 0.2) is 77.7 Å². The van der Waals surface area contributed by atoms with Crippen molar-refractivity contribution in [1.82, 2.24) is 0 Å². The molecule has 177 valence electrons. The third-order valence-electron chi connectivity index (χ3n) is 6.22. The number of nitrogens with zero attached hydrogens (tertiary/aromatic N) is 2. The molecule has 3 aromatic carbocycles. The van der Waals surface area contributed by atoms with Gasteiger partial charge < -0.3 is 9.80 Å². The molecule has 0 aliphatic rings. The number of rotatable bonds is 10. The molecule has 0 aliphatic carbocycles. The van der Waals surface area contributed by atoms with Gasteiger partial charge in [0.2, 0.25) is 0 Å². The van der Waals surface area contributed by atoms with E-state index in [-0.39, 0.29) is 40.4 Å². The van der Waals surface area contributed by atoms with E-state index in [0.29, 0.717) is 5.56 Å². The Morgan fingerprint density at radius 1 is 0.676 bits per heavy atom. The minimum Gasteiger partial charge on any atom is -0.372 e. The molecule has 0 heterocycles. The molecule has 34 heavy (non-hydrogen) atoms. The maximum absolute atomic E-state index is 12.2. The summed E-state index contributed by atoms with van der Waals surface area (Å²) in [6.45, 7) is 12.2. The first-order valence-electron chi connectivity index (χ1n) is 11.6. The van der Waals surface area contributed by atoms with Crippen LogP contribution >= 0.6 is 0 Å². The minimum absolute atomic E-state index is 0. The van der Waals surface area contributed by atoms with Crippen molar-refractivity contribution in [3.8, 4) is 0 Å². The Morgan fingerprint density at radius 3 is 1.41 bits per heavy atom. The number of benzene rings is 3. The molecule has 3 rings (SSSR count). The maximum Gasteiger partial charge on any atom is 0.294 e. The Labute approximate surface area is 226 Å². The molecule has 0 unspecified atom stereocenters. The van der Waals surface area contributed by atoms with Crippen LogP contribution in [-0.4, -0.2) is 68.7 Å². The standard InChI is InChI=1S/C27H34N2O3S.Na/c1-5-28(6-2)23-17-13-21(14-18-23)27(25-11-9-10-12-26(25)33(30,31)32)22-15-19-24(20-16-22)29(7-3)8-4;/h9-20,27H,5-8H2,1-4H3,(H,30,31,32);. The van der Waals surface area contributed by atoms with E-state index in [9.17, 15) is 13.0 Å². The number of hydrogen-bond donors (Lipinski definition) is 1. The zero-order valence-electron chi connectivity index (χ0n) is 20.9. The van der Waals surface area contributed by atoms with E-state index in [4.69, 9.17) is 0 Å². The van der Waals surface area contributed by atoms with Crippen LogP contribution in [0.25, 0.3) is 0 Å². The average Bonchev–Trinajstić information content (AvgIpc) is 2.82. The minimum atomic E-state index is -4.37. The second kappa shape index (κ2) is 12.8. The largest absolute Gasteiger partial charge is 0.372 e. The van der Waals surface area contributed by atoms with E-state index < -0.39 is 10.1 Å². The second-order valence-corrected chi connectivity index (χ2v) is 9.36. The average molecular weight is 490 g/mol. The molecule has 0 atom stereocenters. The third-order valence-corrected chi connectivity index (χ3v) is 7.15. The van der Waals surface area contributed by atoms with Gasteiger partial charge in [-0.1, -0.05) is 42.5 Å². The van der Waals surface area contributed by atoms with Crippen LogP contribution in [0.2, 0.25) is 0 Å². The molecular formula is C27H34N2NaO3S. The fourth-order valence-electron chi connectivity index (χ4n) is 4.44. The summed E-state index contributed by atoms with van der Waals surface area (Å²) in [5.41, 5.74) is 4.76. The molecule has 0 bridgehead atoms. The summed E-state index contributed by atoms with van der Waals surface area (Å²) in [6.07, 6.45) is 0. The Hall–Kier alpha value is -1.83. The SMILES string of the molecule is CCN(CC)c1ccc(C(c2ccc(N(CC)CC)cc2)c2ccccc2S(=O)(=O)O)cc1.[Na]. The van der Waals surface area contributed by atoms with Crippen molar-refractivity contribution in [2.75, 3.05) is 36.0 Å². The molecule has 0 aromatic heterocycles. The van der Waals surface area contributed by atoms with Crippen LogP contribution in [0.3, 0.4) is 0 Å². The smallest absolute Gasteiger partial charge is 0.294 e. The Balaban J connectivity index is 0.00000408. The van der Waals surface area contributed by atoms with E-state index in [1.54, 1.807) is 12.1 Å². The first-order valence-corrected chi connectivity index (χ1v) is 13.0. The molecule has 0 saturated heterocycles. The molecule has 0 aliphatic heterocycles. The molecular weight excluding hydrogens is 455 g/mol. The zero-order valence-corrected chi connectivity index (χ0v) is 23.7. The van der Waals surface area contributed by atoms with E-state index in [0.717, 1.165) is 48.7 Å². The van der Waals surface area contributed by atoms with Gasteiger partial charge >= 0.3 is 0 Å². The molecule has 1 N–H and O–H groups in total. The van der Waals surface area contributed by atoms with Gasteiger partial charge in [-0.25, -0.2) is 0 Å². The fourth-order valence-corrected chi connectivity index (χ4v) is 5.17. The second-order valence-electron chi connectivity index (χ2n) is 7.97. The van der Waals surface area contributed by atoms with Gasteiger partial charge in [0.15, 0.2) is 0 Å². The van der Waals surface area contributed by atoms with E-state index >= 15 is 0 Å². The Morgan fingerprint density at radius 2 is 1.06 bits per heavy atom. The number of hydrogen-bond acceptors (Lipinski definition) is 4. The van der Waals surface area contributed by atoms with Crippen LogP contribution in [0.4, 0.5) is 11.4 Å². The monoisotopic (exact) mass is 489 g/mol. The summed E-state index contributed by atoms with van der Waals surface area (Å²) in [4.78, 5) is 4.48. The van der Waals surface area contributed by atoms with Gasteiger partial charge in [-0.3, -0.25) is 4.55 Å². The molecule has 0 saturated carbocycles. The molecule has 1 radical (unpaired) electrons. The quantitative estimate of drug-likeness (QED) is 0.234. The van der Waals surface area contributed by atoms with Gasteiger partial charge in [-0.05, 0) is 74.7 Å². The van der Waals surface area contributed by atoms with Gasteiger partial charge in [-0.15, -0.1) is 0 Å². The zero-order chi connectivity index (χ0) is 24.0. The molecule has 0 spiro atoms. The summed E-state index contributed by atoms with van der Waals surface area (Å²) in [6, 6.07) is 23.2. The van der Waals surface area contributed by atoms with E-state index in [1.807, 2.05) is 6.07 Å². The van der Waals surface area contributed by atoms with Crippen molar-refractivity contribution in [3.63, 3.8) is 0 Å². The van der Waals surface area contributed by atoms with E-state index in [2.05, 4.69) is 86.0 Å². The first kappa shape index (κ1) is 28.4. The normalized spacial score (nSPS) is 11.2. The van der Waals surface area contributed by atoms with Crippen LogP contribution < -0.4 is 9.80 Å². The molecule has 7 heteroatoms. The van der Waals surface area contributed by atoms with Gasteiger partial charge in [0.25, 0.3) is 10.1 Å². The predicted octanol–water partition coefficient (Wildman–Crippen LogP) is 5.43. The van der Waals surface area contributed by atoms with Crippen molar-refractivity contribution in [3.05, 3.63) is 89.5 Å². The van der Waals surface area contributed by atoms with Gasteiger partial charge in [0, 0.05) is 73.0 Å². The van der Waals surface area contributed by atoms with Gasteiger partial charge in [-0.2, -0.15) is 8.42 Å². The predicted molar refractivity (Wildman–Crippen MR) is 143 cm³/mol. The maximum atomic E-state index is 12.2. The van der Waals surface area contributed by atoms with Crippen molar-refractivity contribution in [1.29, 1.82) is 0 Å². The molecule has 5 nitrogen and oxygen atoms in total. The van der Waals surface area contributed by atoms with E-state index in [1.165, 1.54) is 6.07 Å². The van der Waals surface area contributed by atoms with Crippen molar-refractivity contribution in [2.24, 2.45) is 0 Å². The van der Waals surface area contributed by atoms with Crippen LogP contribution in [0.5, 0.6) is 0 Å². The number of anilines is 2. The van der Waals surface area contributed by atoms with Gasteiger partial charge in [0.05, 0.1) is 4.90 Å². The summed E-state index contributed by atoms with van der Waals surface area (Å²) >= 11 is 0. The Kier molecular flexibility index (Phi) is 10.7. The van der Waals surface area contributed by atoms with Crippen LogP contribution in [-0.2, 0) is 10.1 Å². The van der Waals surface area contributed by atoms with Gasteiger partial charge in [0.1, 0.15) is 0 Å². The first-order chi connectivity index (χ1) is 15.8. The topological polar surface area (TPSA) is 60.9 Å².